The number of fused-ring (bicyclic) bond motifs is 1. The number of aromatic nitrogens is 4. The molecule has 1 fully saturated rings. The highest BCUT2D eigenvalue weighted by molar-refractivity contribution is 5.72. The molecule has 1 aliphatic rings. The van der Waals surface area contributed by atoms with Crippen LogP contribution in [0.25, 0.3) is 16.9 Å². The van der Waals surface area contributed by atoms with Crippen molar-refractivity contribution in [2.45, 2.75) is 32.9 Å². The molecule has 2 heterocycles. The predicted molar refractivity (Wildman–Crippen MR) is 87.9 cm³/mol. The average molecular weight is 328 g/mol. The second kappa shape index (κ2) is 5.43. The molecule has 24 heavy (non-hydrogen) atoms. The molecule has 0 N–H and O–H groups in total. The third-order valence-electron chi connectivity index (χ3n) is 4.46. The first-order valence-electron chi connectivity index (χ1n) is 8.06. The molecule has 6 nitrogen and oxygen atoms in total. The number of aryl methyl sites for hydroxylation is 1. The summed E-state index contributed by atoms with van der Waals surface area (Å²) in [5.41, 5.74) is 0.483. The summed E-state index contributed by atoms with van der Waals surface area (Å²) in [6, 6.07) is 5.63. The molecule has 0 atom stereocenters. The van der Waals surface area contributed by atoms with Crippen LogP contribution < -0.4 is 11.2 Å². The van der Waals surface area contributed by atoms with Crippen molar-refractivity contribution in [1.82, 2.24) is 18.7 Å². The number of halogens is 1. The standard InChI is InChI=1S/C17H17FN4O2/c1-2-20-10-19-15-14(20)16(23)21(9-11-3-4-11)17(24)22(15)13-7-5-12(18)6-8-13/h5-8,10-11H,2-4,9H2,1H3. The Morgan fingerprint density at radius 1 is 1.21 bits per heavy atom. The summed E-state index contributed by atoms with van der Waals surface area (Å²) >= 11 is 0. The molecule has 0 unspecified atom stereocenters. The molecule has 1 aromatic carbocycles. The Morgan fingerprint density at radius 2 is 1.92 bits per heavy atom. The summed E-state index contributed by atoms with van der Waals surface area (Å²) in [4.78, 5) is 30.0. The second-order valence-corrected chi connectivity index (χ2v) is 6.16. The Morgan fingerprint density at radius 3 is 2.54 bits per heavy atom. The van der Waals surface area contributed by atoms with Crippen molar-refractivity contribution in [3.05, 3.63) is 57.2 Å². The summed E-state index contributed by atoms with van der Waals surface area (Å²) < 4.78 is 17.7. The molecule has 0 saturated heterocycles. The van der Waals surface area contributed by atoms with Gasteiger partial charge in [-0.25, -0.2) is 18.7 Å². The van der Waals surface area contributed by atoms with Crippen LogP contribution in [0, 0.1) is 11.7 Å². The zero-order valence-electron chi connectivity index (χ0n) is 13.3. The zero-order valence-corrected chi connectivity index (χ0v) is 13.3. The van der Waals surface area contributed by atoms with Crippen LogP contribution in [0.15, 0.2) is 40.2 Å². The van der Waals surface area contributed by atoms with Crippen LogP contribution in [-0.4, -0.2) is 18.7 Å². The van der Waals surface area contributed by atoms with E-state index in [1.54, 1.807) is 10.9 Å². The quantitative estimate of drug-likeness (QED) is 0.735. The average Bonchev–Trinajstić information content (AvgIpc) is 3.30. The topological polar surface area (TPSA) is 61.8 Å². The van der Waals surface area contributed by atoms with Crippen LogP contribution in [-0.2, 0) is 13.1 Å². The smallest absolute Gasteiger partial charge is 0.325 e. The molecular formula is C17H17FN4O2. The Balaban J connectivity index is 2.07. The van der Waals surface area contributed by atoms with Crippen molar-refractivity contribution in [1.29, 1.82) is 0 Å². The molecule has 3 aromatic rings. The molecule has 0 radical (unpaired) electrons. The summed E-state index contributed by atoms with van der Waals surface area (Å²) in [6.45, 7) is 2.92. The van der Waals surface area contributed by atoms with Crippen molar-refractivity contribution >= 4 is 11.2 Å². The van der Waals surface area contributed by atoms with Crippen LogP contribution in [0.1, 0.15) is 19.8 Å². The molecule has 1 aliphatic carbocycles. The molecule has 0 amide bonds. The SMILES string of the molecule is CCn1cnc2c1c(=O)n(CC1CC1)c(=O)n2-c1ccc(F)cc1. The Labute approximate surface area is 136 Å². The first-order chi connectivity index (χ1) is 11.6. The maximum Gasteiger partial charge on any atom is 0.337 e. The monoisotopic (exact) mass is 328 g/mol. The summed E-state index contributed by atoms with van der Waals surface area (Å²) in [5.74, 6) is 0.000878. The van der Waals surface area contributed by atoms with E-state index < -0.39 is 5.69 Å². The molecule has 2 aromatic heterocycles. The lowest BCUT2D eigenvalue weighted by Crippen LogP contribution is -2.40. The lowest BCUT2D eigenvalue weighted by Gasteiger charge is -2.12. The number of hydrogen-bond acceptors (Lipinski definition) is 3. The highest BCUT2D eigenvalue weighted by atomic mass is 19.1. The molecule has 0 bridgehead atoms. The molecule has 7 heteroatoms. The minimum atomic E-state index is -0.424. The van der Waals surface area contributed by atoms with E-state index in [4.69, 9.17) is 0 Å². The van der Waals surface area contributed by atoms with Gasteiger partial charge in [-0.15, -0.1) is 0 Å². The number of rotatable bonds is 4. The third kappa shape index (κ3) is 2.28. The maximum atomic E-state index is 13.2. The van der Waals surface area contributed by atoms with Crippen LogP contribution in [0.2, 0.25) is 0 Å². The zero-order chi connectivity index (χ0) is 16.8. The summed E-state index contributed by atoms with van der Waals surface area (Å²) in [6.07, 6.45) is 3.63. The first kappa shape index (κ1) is 14.9. The van der Waals surface area contributed by atoms with Gasteiger partial charge in [-0.2, -0.15) is 0 Å². The fourth-order valence-electron chi connectivity index (χ4n) is 2.96. The minimum absolute atomic E-state index is 0.306. The number of benzene rings is 1. The normalized spacial score (nSPS) is 14.4. The fourth-order valence-corrected chi connectivity index (χ4v) is 2.96. The highest BCUT2D eigenvalue weighted by Gasteiger charge is 2.26. The van der Waals surface area contributed by atoms with Gasteiger partial charge in [-0.1, -0.05) is 0 Å². The molecule has 1 saturated carbocycles. The summed E-state index contributed by atoms with van der Waals surface area (Å²) in [7, 11) is 0. The van der Waals surface area contributed by atoms with Crippen molar-refractivity contribution in [2.24, 2.45) is 5.92 Å². The Hall–Kier alpha value is -2.70. The largest absolute Gasteiger partial charge is 0.337 e. The van der Waals surface area contributed by atoms with Crippen LogP contribution in [0.4, 0.5) is 4.39 Å². The van der Waals surface area contributed by atoms with Crippen LogP contribution >= 0.6 is 0 Å². The summed E-state index contributed by atoms with van der Waals surface area (Å²) in [5, 5.41) is 0. The van der Waals surface area contributed by atoms with E-state index in [0.717, 1.165) is 12.8 Å². The van der Waals surface area contributed by atoms with E-state index in [2.05, 4.69) is 4.98 Å². The lowest BCUT2D eigenvalue weighted by molar-refractivity contribution is 0.566. The number of nitrogens with zero attached hydrogens (tertiary/aromatic N) is 4. The van der Waals surface area contributed by atoms with Crippen molar-refractivity contribution < 1.29 is 4.39 Å². The van der Waals surface area contributed by atoms with Crippen molar-refractivity contribution in [3.63, 3.8) is 0 Å². The highest BCUT2D eigenvalue weighted by Crippen LogP contribution is 2.29. The molecule has 0 spiro atoms. The molecule has 124 valence electrons. The number of hydrogen-bond donors (Lipinski definition) is 0. The maximum absolute atomic E-state index is 13.2. The minimum Gasteiger partial charge on any atom is -0.325 e. The van der Waals surface area contributed by atoms with Gasteiger partial charge in [0.05, 0.1) is 12.0 Å². The van der Waals surface area contributed by atoms with Gasteiger partial charge in [-0.05, 0) is 49.9 Å². The lowest BCUT2D eigenvalue weighted by atomic mass is 10.3. The second-order valence-electron chi connectivity index (χ2n) is 6.16. The fraction of sp³-hybridized carbons (Fsp3) is 0.353. The number of imidazole rings is 1. The molecular weight excluding hydrogens is 311 g/mol. The van der Waals surface area contributed by atoms with Crippen molar-refractivity contribution in [3.8, 4) is 5.69 Å². The third-order valence-corrected chi connectivity index (χ3v) is 4.46. The van der Waals surface area contributed by atoms with Gasteiger partial charge in [0.25, 0.3) is 5.56 Å². The van der Waals surface area contributed by atoms with Gasteiger partial charge in [0.15, 0.2) is 11.2 Å². The van der Waals surface area contributed by atoms with Gasteiger partial charge >= 0.3 is 5.69 Å². The van der Waals surface area contributed by atoms with Gasteiger partial charge < -0.3 is 4.57 Å². The van der Waals surface area contributed by atoms with Crippen molar-refractivity contribution in [2.75, 3.05) is 0 Å². The Kier molecular flexibility index (Phi) is 3.37. The van der Waals surface area contributed by atoms with Crippen LogP contribution in [0.3, 0.4) is 0 Å². The van der Waals surface area contributed by atoms with E-state index in [1.165, 1.54) is 33.4 Å². The van der Waals surface area contributed by atoms with E-state index in [-0.39, 0.29) is 11.4 Å². The van der Waals surface area contributed by atoms with Crippen LogP contribution in [0.5, 0.6) is 0 Å². The Bertz CT molecular complexity index is 1030. The van der Waals surface area contributed by atoms with E-state index >= 15 is 0 Å². The van der Waals surface area contributed by atoms with E-state index in [0.29, 0.717) is 35.9 Å². The molecule has 0 aliphatic heterocycles. The van der Waals surface area contributed by atoms with E-state index in [9.17, 15) is 14.0 Å². The van der Waals surface area contributed by atoms with Gasteiger partial charge in [0.2, 0.25) is 0 Å². The first-order valence-corrected chi connectivity index (χ1v) is 8.06. The van der Waals surface area contributed by atoms with Gasteiger partial charge in [-0.3, -0.25) is 9.36 Å². The molecule has 4 rings (SSSR count). The van der Waals surface area contributed by atoms with Gasteiger partial charge in [0, 0.05) is 13.1 Å². The van der Waals surface area contributed by atoms with E-state index in [1.807, 2.05) is 6.92 Å². The predicted octanol–water partition coefficient (Wildman–Crippen LogP) is 1.92. The van der Waals surface area contributed by atoms with Gasteiger partial charge in [0.1, 0.15) is 5.82 Å².